The Labute approximate surface area is 441 Å². The maximum atomic E-state index is 12.7. The highest BCUT2D eigenvalue weighted by atomic mass is 19.1. The van der Waals surface area contributed by atoms with E-state index in [-0.39, 0.29) is 12.8 Å². The molecule has 14 nitrogen and oxygen atoms in total. The number of hydrogen-bond acceptors (Lipinski definition) is 11. The highest BCUT2D eigenvalue weighted by Crippen LogP contribution is 2.35. The van der Waals surface area contributed by atoms with Crippen LogP contribution in [0.2, 0.25) is 0 Å². The number of hydrogen-bond donors (Lipinski definition) is 0. The van der Waals surface area contributed by atoms with Gasteiger partial charge in [0, 0.05) is 132 Å². The van der Waals surface area contributed by atoms with Crippen molar-refractivity contribution in [3.63, 3.8) is 0 Å². The number of halogens is 1. The minimum Gasteiger partial charge on any atom is -0.494 e. The van der Waals surface area contributed by atoms with E-state index in [0.717, 1.165) is 159 Å². The quantitative estimate of drug-likeness (QED) is 0.117. The number of fused-ring (bicyclic) bond motifs is 6. The average Bonchev–Trinajstić information content (AvgIpc) is 4.33. The van der Waals surface area contributed by atoms with Crippen LogP contribution in [0.4, 0.5) is 20.7 Å². The number of benzene rings is 3. The number of aryl methyl sites for hydroxylation is 2. The molecule has 6 unspecified atom stereocenters. The van der Waals surface area contributed by atoms with Gasteiger partial charge in [0.2, 0.25) is 0 Å². The molecule has 6 atom stereocenters. The largest absolute Gasteiger partial charge is 0.494 e. The molecule has 6 aliphatic rings. The van der Waals surface area contributed by atoms with Crippen LogP contribution in [-0.2, 0) is 13.1 Å². The summed E-state index contributed by atoms with van der Waals surface area (Å²) in [6, 6.07) is 33.2. The average molecular weight is 1020 g/mol. The molecule has 6 fully saturated rings. The van der Waals surface area contributed by atoms with Crippen LogP contribution in [0.15, 0.2) is 116 Å². The molecule has 6 saturated heterocycles. The van der Waals surface area contributed by atoms with Crippen LogP contribution in [0, 0.1) is 23.7 Å². The van der Waals surface area contributed by atoms with E-state index in [2.05, 4.69) is 122 Å². The first-order chi connectivity index (χ1) is 36.7. The third-order valence-corrected chi connectivity index (χ3v) is 16.4. The van der Waals surface area contributed by atoms with Crippen molar-refractivity contribution in [2.75, 3.05) is 116 Å². The lowest BCUT2D eigenvalue weighted by Gasteiger charge is -2.33. The summed E-state index contributed by atoms with van der Waals surface area (Å²) in [7, 11) is 4.44. The summed E-state index contributed by atoms with van der Waals surface area (Å²) in [5.41, 5.74) is 7.49. The zero-order valence-corrected chi connectivity index (χ0v) is 44.3. The Hall–Kier alpha value is -6.55. The second kappa shape index (κ2) is 22.7. The van der Waals surface area contributed by atoms with Crippen molar-refractivity contribution >= 4 is 39.4 Å². The number of aromatic nitrogens is 5. The van der Waals surface area contributed by atoms with Gasteiger partial charge in [-0.15, -0.1) is 10.2 Å². The second-order valence-electron chi connectivity index (χ2n) is 21.8. The van der Waals surface area contributed by atoms with E-state index in [9.17, 15) is 9.18 Å². The first-order valence-electron chi connectivity index (χ1n) is 27.5. The van der Waals surface area contributed by atoms with Crippen LogP contribution in [0.25, 0.3) is 44.3 Å². The van der Waals surface area contributed by atoms with Crippen LogP contribution in [-0.4, -0.2) is 162 Å². The molecule has 0 spiro atoms. The summed E-state index contributed by atoms with van der Waals surface area (Å²) in [6.45, 7) is 19.2. The van der Waals surface area contributed by atoms with Gasteiger partial charge in [0.15, 0.2) is 5.82 Å². The molecular formula is C60H74FN11O3. The summed E-state index contributed by atoms with van der Waals surface area (Å²) in [4.78, 5) is 31.3. The lowest BCUT2D eigenvalue weighted by molar-refractivity contribution is 0.109. The lowest BCUT2D eigenvalue weighted by Crippen LogP contribution is -2.50. The maximum absolute atomic E-state index is 12.7. The van der Waals surface area contributed by atoms with Crippen molar-refractivity contribution in [1.29, 1.82) is 0 Å². The highest BCUT2D eigenvalue weighted by Gasteiger charge is 2.40. The predicted molar refractivity (Wildman–Crippen MR) is 298 cm³/mol. The van der Waals surface area contributed by atoms with Gasteiger partial charge in [-0.3, -0.25) is 9.88 Å². The van der Waals surface area contributed by atoms with Gasteiger partial charge < -0.3 is 43.1 Å². The number of anilines is 2. The van der Waals surface area contributed by atoms with Gasteiger partial charge in [-0.1, -0.05) is 19.9 Å². The Kier molecular flexibility index (Phi) is 15.3. The van der Waals surface area contributed by atoms with Gasteiger partial charge in [0.05, 0.1) is 41.9 Å². The number of amides is 1. The standard InChI is InChI=1S/C22H25FN4.C20H26N4O.C18H23N3O2/c1-25-12-18-14-27(15-19(18)13-25)20-3-4-21(24-11-20)16-2-5-22-17(10-16)6-8-26(22)9-7-23;1-3-10-25-18-6-4-15(5-7-18)19-8-9-20(22-21-19)24-13-16-11-23(2)12-17(16)14-24;1-2-7-20-9-5-14-3-4-16(12-17(14)20)23-18(22)21-11-10-19-8-6-15(21)13-19/h2-6,8,10-11,18-19H,7,9,12-15H2,1H3;4-9,16-17H,3,10-14H2,1-2H3;3-5,9,12,15H,2,6-8,10-11,13H2,1H3. The number of rotatable bonds is 12. The van der Waals surface area contributed by atoms with Gasteiger partial charge in [-0.25, -0.2) is 9.18 Å². The fourth-order valence-corrected chi connectivity index (χ4v) is 12.6. The Morgan fingerprint density at radius 1 is 0.613 bits per heavy atom. The van der Waals surface area contributed by atoms with E-state index < -0.39 is 0 Å². The monoisotopic (exact) mass is 1020 g/mol. The van der Waals surface area contributed by atoms with Crippen molar-refractivity contribution in [1.82, 2.24) is 43.9 Å². The van der Waals surface area contributed by atoms with Crippen molar-refractivity contribution in [2.24, 2.45) is 23.7 Å². The molecule has 10 heterocycles. The zero-order valence-electron chi connectivity index (χ0n) is 44.3. The predicted octanol–water partition coefficient (Wildman–Crippen LogP) is 9.54. The molecule has 6 aliphatic heterocycles. The fourth-order valence-electron chi connectivity index (χ4n) is 12.6. The number of alkyl halides is 1. The van der Waals surface area contributed by atoms with E-state index in [1.807, 2.05) is 70.4 Å². The number of ether oxygens (including phenoxy) is 2. The second-order valence-corrected chi connectivity index (χ2v) is 21.8. The molecule has 13 rings (SSSR count). The third-order valence-electron chi connectivity index (χ3n) is 16.4. The van der Waals surface area contributed by atoms with Gasteiger partial charge in [0.25, 0.3) is 0 Å². The first-order valence-corrected chi connectivity index (χ1v) is 27.5. The van der Waals surface area contributed by atoms with Gasteiger partial charge in [-0.05, 0) is 147 Å². The van der Waals surface area contributed by atoms with Crippen LogP contribution in [0.1, 0.15) is 33.1 Å². The molecule has 7 aromatic rings. The van der Waals surface area contributed by atoms with E-state index in [1.165, 1.54) is 37.3 Å². The number of likely N-dealkylation sites (tertiary alicyclic amines) is 2. The minimum atomic E-state index is -0.344. The molecule has 2 bridgehead atoms. The molecule has 75 heavy (non-hydrogen) atoms. The number of nitrogens with zero attached hydrogens (tertiary/aromatic N) is 11. The molecule has 1 amide bonds. The maximum Gasteiger partial charge on any atom is 0.415 e. The topological polar surface area (TPSA) is 103 Å². The summed E-state index contributed by atoms with van der Waals surface area (Å²) in [5, 5.41) is 11.2. The van der Waals surface area contributed by atoms with Crippen LogP contribution < -0.4 is 19.3 Å². The van der Waals surface area contributed by atoms with Crippen molar-refractivity contribution in [3.05, 3.63) is 116 Å². The molecule has 0 radical (unpaired) electrons. The van der Waals surface area contributed by atoms with Gasteiger partial charge >= 0.3 is 6.09 Å². The van der Waals surface area contributed by atoms with E-state index in [1.54, 1.807) is 0 Å². The minimum absolute atomic E-state index is 0.204. The van der Waals surface area contributed by atoms with Crippen molar-refractivity contribution in [3.8, 4) is 34.0 Å². The van der Waals surface area contributed by atoms with Crippen molar-refractivity contribution in [2.45, 2.75) is 52.2 Å². The normalized spacial score (nSPS) is 23.0. The van der Waals surface area contributed by atoms with Gasteiger partial charge in [0.1, 0.15) is 18.2 Å². The van der Waals surface area contributed by atoms with Crippen LogP contribution >= 0.6 is 0 Å². The molecule has 0 saturated carbocycles. The summed E-state index contributed by atoms with van der Waals surface area (Å²) >= 11 is 0. The Bertz CT molecular complexity index is 2990. The molecule has 4 aromatic heterocycles. The molecule has 3 aromatic carbocycles. The summed E-state index contributed by atoms with van der Waals surface area (Å²) < 4.78 is 28.1. The zero-order chi connectivity index (χ0) is 51.4. The SMILES string of the molecule is CCCOc1ccc(-c2ccc(N3CC4CN(C)CC4C3)nn2)cc1.CCCn1ccc2ccc(OC(=O)N3CCN4CCC3C4)cc21.CN1CC2CN(c3ccc(-c4ccc5c(ccn5CCF)c4)nc3)CC2C1. The van der Waals surface area contributed by atoms with Crippen LogP contribution in [0.3, 0.4) is 0 Å². The Balaban J connectivity index is 0.000000121. The molecular weight excluding hydrogens is 942 g/mol. The number of pyridine rings is 1. The van der Waals surface area contributed by atoms with Crippen molar-refractivity contribution < 1.29 is 18.7 Å². The van der Waals surface area contributed by atoms with E-state index >= 15 is 0 Å². The number of carbonyl (C=O) groups is 1. The Morgan fingerprint density at radius 3 is 1.96 bits per heavy atom. The van der Waals surface area contributed by atoms with E-state index in [0.29, 0.717) is 18.3 Å². The Morgan fingerprint density at radius 2 is 1.29 bits per heavy atom. The lowest BCUT2D eigenvalue weighted by atomic mass is 10.0. The van der Waals surface area contributed by atoms with Gasteiger partial charge in [-0.2, -0.15) is 0 Å². The number of piperazine rings is 1. The fraction of sp³-hybridized carbons (Fsp3) is 0.467. The molecule has 0 aliphatic carbocycles. The van der Waals surface area contributed by atoms with Crippen LogP contribution in [0.5, 0.6) is 11.5 Å². The first kappa shape index (κ1) is 50.6. The molecule has 15 heteroatoms. The smallest absolute Gasteiger partial charge is 0.415 e. The summed E-state index contributed by atoms with van der Waals surface area (Å²) in [5.74, 6) is 5.70. The number of carbonyl (C=O) groups excluding carboxylic acids is 1. The van der Waals surface area contributed by atoms with E-state index in [4.69, 9.17) is 14.5 Å². The third kappa shape index (κ3) is 11.4. The molecule has 0 N–H and O–H groups in total. The summed E-state index contributed by atoms with van der Waals surface area (Å²) in [6.07, 6.45) is 9.02. The molecule has 394 valence electrons. The highest BCUT2D eigenvalue weighted by molar-refractivity contribution is 5.85.